The Morgan fingerprint density at radius 3 is 1.45 bits per heavy atom. The molecule has 0 saturated heterocycles. The van der Waals surface area contributed by atoms with Crippen LogP contribution in [-0.4, -0.2) is 0 Å². The molecule has 0 aliphatic rings. The highest BCUT2D eigenvalue weighted by molar-refractivity contribution is 6.26. The quantitative estimate of drug-likeness (QED) is 0.166. The number of nitrogens with one attached hydrogen (secondary N) is 1. The Hall–Kier alpha value is -7.16. The van der Waals surface area contributed by atoms with Crippen LogP contribution in [0.5, 0.6) is 0 Å². The van der Waals surface area contributed by atoms with Crippen LogP contribution in [0.1, 0.15) is 5.56 Å². The summed E-state index contributed by atoms with van der Waals surface area (Å²) in [6.45, 7) is 2.14. The Kier molecular flexibility index (Phi) is 8.08. The Morgan fingerprint density at radius 1 is 0.327 bits per heavy atom. The summed E-state index contributed by atoms with van der Waals surface area (Å²) < 4.78 is 0. The molecule has 10 aromatic carbocycles. The van der Waals surface area contributed by atoms with Crippen molar-refractivity contribution in [2.24, 2.45) is 0 Å². The standard InChI is InChI=1S/C53H38N2/c1-36-26-29-42(30-27-36)55(41-20-6-3-7-21-41)43-31-33-49-51(35-43)53(47-25-13-17-38-15-9-11-23-45(38)47)48-32-28-40(54-39-18-4-2-5-19-39)34-50(48)52(49)46-24-12-16-37-14-8-10-22-44(37)46/h2-35,54H,1H3. The molecular weight excluding hydrogens is 665 g/mol. The van der Waals surface area contributed by atoms with Crippen LogP contribution in [0.3, 0.4) is 0 Å². The second-order valence-corrected chi connectivity index (χ2v) is 14.3. The Bertz CT molecular complexity index is 2990. The van der Waals surface area contributed by atoms with E-state index < -0.39 is 0 Å². The number of rotatable bonds is 7. The van der Waals surface area contributed by atoms with Crippen molar-refractivity contribution in [1.29, 1.82) is 0 Å². The monoisotopic (exact) mass is 702 g/mol. The molecule has 55 heavy (non-hydrogen) atoms. The van der Waals surface area contributed by atoms with E-state index in [0.29, 0.717) is 0 Å². The number of nitrogens with zero attached hydrogens (tertiary/aromatic N) is 1. The fourth-order valence-corrected chi connectivity index (χ4v) is 8.31. The minimum absolute atomic E-state index is 1.05. The summed E-state index contributed by atoms with van der Waals surface area (Å²) in [6.07, 6.45) is 0. The van der Waals surface area contributed by atoms with Crippen LogP contribution in [0.15, 0.2) is 206 Å². The molecule has 0 aromatic heterocycles. The zero-order chi connectivity index (χ0) is 36.7. The first-order valence-electron chi connectivity index (χ1n) is 18.9. The molecule has 0 radical (unpaired) electrons. The van der Waals surface area contributed by atoms with E-state index in [0.717, 1.165) is 28.4 Å². The van der Waals surface area contributed by atoms with Crippen LogP contribution in [-0.2, 0) is 0 Å². The van der Waals surface area contributed by atoms with Gasteiger partial charge in [0.05, 0.1) is 0 Å². The molecule has 2 heteroatoms. The van der Waals surface area contributed by atoms with Crippen molar-refractivity contribution in [1.82, 2.24) is 0 Å². The third-order valence-corrected chi connectivity index (χ3v) is 10.8. The summed E-state index contributed by atoms with van der Waals surface area (Å²) in [5.41, 5.74) is 11.6. The maximum absolute atomic E-state index is 3.71. The van der Waals surface area contributed by atoms with Gasteiger partial charge in [0.2, 0.25) is 0 Å². The van der Waals surface area contributed by atoms with Gasteiger partial charge >= 0.3 is 0 Å². The molecule has 10 aromatic rings. The molecule has 0 bridgehead atoms. The van der Waals surface area contributed by atoms with Crippen molar-refractivity contribution >= 4 is 71.5 Å². The predicted octanol–water partition coefficient (Wildman–Crippen LogP) is 15.2. The topological polar surface area (TPSA) is 15.3 Å². The van der Waals surface area contributed by atoms with E-state index in [-0.39, 0.29) is 0 Å². The molecule has 0 aliphatic carbocycles. The number of anilines is 5. The highest BCUT2D eigenvalue weighted by Gasteiger charge is 2.22. The van der Waals surface area contributed by atoms with Crippen LogP contribution in [0, 0.1) is 6.92 Å². The van der Waals surface area contributed by atoms with E-state index in [1.54, 1.807) is 0 Å². The SMILES string of the molecule is Cc1ccc(N(c2ccccc2)c2ccc3c(-c4cccc5ccccc45)c4cc(Nc5ccccc5)ccc4c(-c4cccc5ccccc45)c3c2)cc1. The molecule has 260 valence electrons. The number of para-hydroxylation sites is 2. The molecular formula is C53H38N2. The number of benzene rings is 10. The lowest BCUT2D eigenvalue weighted by Crippen LogP contribution is -2.10. The van der Waals surface area contributed by atoms with Gasteiger partial charge in [0.15, 0.2) is 0 Å². The third kappa shape index (κ3) is 5.85. The molecule has 0 spiro atoms. The molecule has 1 N–H and O–H groups in total. The fraction of sp³-hybridized carbons (Fsp3) is 0.0189. The van der Waals surface area contributed by atoms with Gasteiger partial charge in [0.25, 0.3) is 0 Å². The van der Waals surface area contributed by atoms with E-state index in [9.17, 15) is 0 Å². The minimum Gasteiger partial charge on any atom is -0.356 e. The van der Waals surface area contributed by atoms with E-state index >= 15 is 0 Å². The van der Waals surface area contributed by atoms with Gasteiger partial charge in [-0.15, -0.1) is 0 Å². The van der Waals surface area contributed by atoms with E-state index in [4.69, 9.17) is 0 Å². The first-order chi connectivity index (χ1) is 27.2. The van der Waals surface area contributed by atoms with Crippen LogP contribution in [0.2, 0.25) is 0 Å². The van der Waals surface area contributed by atoms with Gasteiger partial charge in [-0.2, -0.15) is 0 Å². The normalized spacial score (nSPS) is 11.4. The number of aryl methyl sites for hydroxylation is 1. The van der Waals surface area contributed by atoms with Crippen molar-refractivity contribution in [3.8, 4) is 22.3 Å². The number of fused-ring (bicyclic) bond motifs is 4. The smallest absolute Gasteiger partial charge is 0.0468 e. The summed E-state index contributed by atoms with van der Waals surface area (Å²) in [4.78, 5) is 2.38. The van der Waals surface area contributed by atoms with Crippen molar-refractivity contribution in [2.75, 3.05) is 10.2 Å². The number of hydrogen-bond donors (Lipinski definition) is 1. The van der Waals surface area contributed by atoms with Gasteiger partial charge in [-0.05, 0) is 133 Å². The molecule has 0 fully saturated rings. The Balaban J connectivity index is 1.35. The van der Waals surface area contributed by atoms with Crippen LogP contribution in [0.25, 0.3) is 65.3 Å². The Labute approximate surface area is 321 Å². The van der Waals surface area contributed by atoms with Crippen molar-refractivity contribution in [3.63, 3.8) is 0 Å². The van der Waals surface area contributed by atoms with Crippen molar-refractivity contribution < 1.29 is 0 Å². The summed E-state index contributed by atoms with van der Waals surface area (Å²) in [5, 5.41) is 13.5. The van der Waals surface area contributed by atoms with Gasteiger partial charge in [0.1, 0.15) is 0 Å². The summed E-state index contributed by atoms with van der Waals surface area (Å²) in [6, 6.07) is 74.9. The van der Waals surface area contributed by atoms with Crippen LogP contribution < -0.4 is 10.2 Å². The van der Waals surface area contributed by atoms with Gasteiger partial charge in [-0.3, -0.25) is 0 Å². The largest absolute Gasteiger partial charge is 0.356 e. The molecule has 2 nitrogen and oxygen atoms in total. The third-order valence-electron chi connectivity index (χ3n) is 10.8. The second-order valence-electron chi connectivity index (χ2n) is 14.3. The molecule has 0 amide bonds. The lowest BCUT2D eigenvalue weighted by Gasteiger charge is -2.27. The van der Waals surface area contributed by atoms with Gasteiger partial charge in [-0.1, -0.05) is 151 Å². The number of hydrogen-bond acceptors (Lipinski definition) is 2. The first kappa shape index (κ1) is 32.5. The highest BCUT2D eigenvalue weighted by Crippen LogP contribution is 2.49. The molecule has 0 atom stereocenters. The highest BCUT2D eigenvalue weighted by atomic mass is 15.1. The summed E-state index contributed by atoms with van der Waals surface area (Å²) in [5.74, 6) is 0. The maximum atomic E-state index is 3.71. The molecule has 0 aliphatic heterocycles. The minimum atomic E-state index is 1.05. The first-order valence-corrected chi connectivity index (χ1v) is 18.9. The van der Waals surface area contributed by atoms with Gasteiger partial charge in [-0.25, -0.2) is 0 Å². The second kappa shape index (κ2) is 13.7. The van der Waals surface area contributed by atoms with E-state index in [1.807, 2.05) is 0 Å². The maximum Gasteiger partial charge on any atom is 0.0468 e. The summed E-state index contributed by atoms with van der Waals surface area (Å²) >= 11 is 0. The predicted molar refractivity (Wildman–Crippen MR) is 236 cm³/mol. The fourth-order valence-electron chi connectivity index (χ4n) is 8.31. The lowest BCUT2D eigenvalue weighted by molar-refractivity contribution is 1.28. The molecule has 0 saturated carbocycles. The molecule has 0 heterocycles. The molecule has 0 unspecified atom stereocenters. The molecule has 10 rings (SSSR count). The van der Waals surface area contributed by atoms with Crippen LogP contribution >= 0.6 is 0 Å². The zero-order valence-corrected chi connectivity index (χ0v) is 30.6. The van der Waals surface area contributed by atoms with E-state index in [2.05, 4.69) is 223 Å². The van der Waals surface area contributed by atoms with E-state index in [1.165, 1.54) is 70.9 Å². The van der Waals surface area contributed by atoms with Crippen molar-refractivity contribution in [3.05, 3.63) is 212 Å². The lowest BCUT2D eigenvalue weighted by atomic mass is 9.83. The average Bonchev–Trinajstić information content (AvgIpc) is 3.24. The van der Waals surface area contributed by atoms with Crippen LogP contribution in [0.4, 0.5) is 28.4 Å². The van der Waals surface area contributed by atoms with Crippen molar-refractivity contribution in [2.45, 2.75) is 6.92 Å². The summed E-state index contributed by atoms with van der Waals surface area (Å²) in [7, 11) is 0. The average molecular weight is 703 g/mol. The van der Waals surface area contributed by atoms with Gasteiger partial charge < -0.3 is 10.2 Å². The van der Waals surface area contributed by atoms with Gasteiger partial charge in [0, 0.05) is 28.4 Å². The zero-order valence-electron chi connectivity index (χ0n) is 30.6. The Morgan fingerprint density at radius 2 is 0.818 bits per heavy atom.